The standard InChI is InChI=1S/C19H20N4O3/c24-16-9-13(11-23-7-6-20-12-23)8-15(16)22-18(25)17-10-21-19(26-17)14-4-2-1-3-5-14/h1-7,10,12-13,15-16,24H,8-9,11H2,(H,22,25)/t13?,15-,16-/m1/s1. The number of hydrogen-bond acceptors (Lipinski definition) is 5. The first-order valence-electron chi connectivity index (χ1n) is 8.65. The Labute approximate surface area is 150 Å². The second-order valence-corrected chi connectivity index (χ2v) is 6.64. The first-order valence-corrected chi connectivity index (χ1v) is 8.65. The highest BCUT2D eigenvalue weighted by Gasteiger charge is 2.34. The van der Waals surface area contributed by atoms with Gasteiger partial charge in [0.15, 0.2) is 0 Å². The Morgan fingerprint density at radius 1 is 1.31 bits per heavy atom. The second kappa shape index (κ2) is 7.13. The van der Waals surface area contributed by atoms with Crippen molar-refractivity contribution < 1.29 is 14.3 Å². The van der Waals surface area contributed by atoms with E-state index in [1.807, 2.05) is 41.1 Å². The van der Waals surface area contributed by atoms with E-state index in [9.17, 15) is 9.90 Å². The van der Waals surface area contributed by atoms with E-state index in [0.717, 1.165) is 12.1 Å². The molecule has 3 aromatic rings. The molecule has 1 amide bonds. The van der Waals surface area contributed by atoms with E-state index in [-0.39, 0.29) is 17.7 Å². The van der Waals surface area contributed by atoms with Crippen molar-refractivity contribution in [1.29, 1.82) is 0 Å². The number of hydrogen-bond donors (Lipinski definition) is 2. The molecule has 2 N–H and O–H groups in total. The monoisotopic (exact) mass is 352 g/mol. The summed E-state index contributed by atoms with van der Waals surface area (Å²) in [4.78, 5) is 20.6. The first-order chi connectivity index (χ1) is 12.7. The Morgan fingerprint density at radius 3 is 2.92 bits per heavy atom. The van der Waals surface area contributed by atoms with E-state index in [4.69, 9.17) is 4.42 Å². The van der Waals surface area contributed by atoms with Crippen LogP contribution in [0.3, 0.4) is 0 Å². The Hall–Kier alpha value is -2.93. The van der Waals surface area contributed by atoms with Crippen molar-refractivity contribution >= 4 is 5.91 Å². The summed E-state index contributed by atoms with van der Waals surface area (Å²) >= 11 is 0. The van der Waals surface area contributed by atoms with Crippen LogP contribution in [-0.2, 0) is 6.54 Å². The summed E-state index contributed by atoms with van der Waals surface area (Å²) in [6, 6.07) is 9.12. The number of nitrogens with one attached hydrogen (secondary N) is 1. The maximum Gasteiger partial charge on any atom is 0.289 e. The Balaban J connectivity index is 1.38. The smallest absolute Gasteiger partial charge is 0.289 e. The molecule has 1 saturated carbocycles. The van der Waals surface area contributed by atoms with Crippen molar-refractivity contribution in [2.24, 2.45) is 5.92 Å². The number of nitrogens with zero attached hydrogens (tertiary/aromatic N) is 3. The summed E-state index contributed by atoms with van der Waals surface area (Å²) in [6.07, 6.45) is 7.61. The largest absolute Gasteiger partial charge is 0.431 e. The molecule has 1 unspecified atom stereocenters. The molecule has 2 aromatic heterocycles. The topological polar surface area (TPSA) is 93.2 Å². The fourth-order valence-electron chi connectivity index (χ4n) is 3.45. The van der Waals surface area contributed by atoms with E-state index < -0.39 is 6.10 Å². The molecular formula is C19H20N4O3. The molecule has 1 aliphatic carbocycles. The maximum atomic E-state index is 12.4. The van der Waals surface area contributed by atoms with Gasteiger partial charge in [-0.15, -0.1) is 0 Å². The summed E-state index contributed by atoms with van der Waals surface area (Å²) < 4.78 is 7.56. The summed E-state index contributed by atoms with van der Waals surface area (Å²) in [6.45, 7) is 0.782. The lowest BCUT2D eigenvalue weighted by Gasteiger charge is -2.15. The Kier molecular flexibility index (Phi) is 4.53. The number of carbonyl (C=O) groups excluding carboxylic acids is 1. The highest BCUT2D eigenvalue weighted by molar-refractivity contribution is 5.91. The molecule has 7 nitrogen and oxygen atoms in total. The van der Waals surface area contributed by atoms with Crippen LogP contribution < -0.4 is 5.32 Å². The van der Waals surface area contributed by atoms with E-state index in [1.165, 1.54) is 6.20 Å². The predicted molar refractivity (Wildman–Crippen MR) is 94.2 cm³/mol. The van der Waals surface area contributed by atoms with Crippen molar-refractivity contribution in [3.63, 3.8) is 0 Å². The lowest BCUT2D eigenvalue weighted by atomic mass is 10.1. The third-order valence-corrected chi connectivity index (χ3v) is 4.72. The van der Waals surface area contributed by atoms with Crippen LogP contribution >= 0.6 is 0 Å². The van der Waals surface area contributed by atoms with Crippen LogP contribution in [-0.4, -0.2) is 37.7 Å². The SMILES string of the molecule is O=C(N[C@@H]1CC(Cn2ccnc2)C[C@H]1O)c1cnc(-c2ccccc2)o1. The molecule has 1 aliphatic rings. The third kappa shape index (κ3) is 3.52. The number of rotatable bonds is 5. The molecule has 0 radical (unpaired) electrons. The minimum absolute atomic E-state index is 0.147. The molecule has 0 aliphatic heterocycles. The van der Waals surface area contributed by atoms with E-state index >= 15 is 0 Å². The maximum absolute atomic E-state index is 12.4. The molecule has 0 spiro atoms. The Morgan fingerprint density at radius 2 is 2.15 bits per heavy atom. The zero-order valence-electron chi connectivity index (χ0n) is 14.2. The van der Waals surface area contributed by atoms with Gasteiger partial charge in [0.25, 0.3) is 5.91 Å². The van der Waals surface area contributed by atoms with Crippen LogP contribution in [0.15, 0.2) is 59.7 Å². The molecule has 0 bridgehead atoms. The molecule has 134 valence electrons. The highest BCUT2D eigenvalue weighted by Crippen LogP contribution is 2.28. The number of carbonyl (C=O) groups is 1. The van der Waals surface area contributed by atoms with Crippen molar-refractivity contribution in [2.45, 2.75) is 31.5 Å². The first kappa shape index (κ1) is 16.5. The summed E-state index contributed by atoms with van der Waals surface area (Å²) in [5.74, 6) is 0.487. The number of aromatic nitrogens is 3. The lowest BCUT2D eigenvalue weighted by molar-refractivity contribution is 0.0847. The van der Waals surface area contributed by atoms with Gasteiger partial charge in [0.1, 0.15) is 0 Å². The number of benzene rings is 1. The van der Waals surface area contributed by atoms with Crippen molar-refractivity contribution in [3.8, 4) is 11.5 Å². The summed E-state index contributed by atoms with van der Waals surface area (Å²) in [5, 5.41) is 13.2. The molecule has 1 aromatic carbocycles. The fourth-order valence-corrected chi connectivity index (χ4v) is 3.45. The van der Waals surface area contributed by atoms with Crippen molar-refractivity contribution in [3.05, 3.63) is 61.0 Å². The van der Waals surface area contributed by atoms with E-state index in [1.54, 1.807) is 12.5 Å². The fraction of sp³-hybridized carbons (Fsp3) is 0.316. The van der Waals surface area contributed by atoms with Gasteiger partial charge in [0.05, 0.1) is 24.7 Å². The van der Waals surface area contributed by atoms with Gasteiger partial charge in [0, 0.05) is 24.5 Å². The van der Waals surface area contributed by atoms with Crippen LogP contribution in [0.4, 0.5) is 0 Å². The average Bonchev–Trinajstić information content (AvgIpc) is 3.38. The third-order valence-electron chi connectivity index (χ3n) is 4.72. The second-order valence-electron chi connectivity index (χ2n) is 6.64. The van der Waals surface area contributed by atoms with Crippen molar-refractivity contribution in [1.82, 2.24) is 19.9 Å². The van der Waals surface area contributed by atoms with Gasteiger partial charge in [0.2, 0.25) is 11.7 Å². The zero-order chi connectivity index (χ0) is 17.9. The quantitative estimate of drug-likeness (QED) is 0.733. The number of oxazole rings is 1. The van der Waals surface area contributed by atoms with Gasteiger partial charge >= 0.3 is 0 Å². The molecule has 2 heterocycles. The highest BCUT2D eigenvalue weighted by atomic mass is 16.4. The van der Waals surface area contributed by atoms with E-state index in [0.29, 0.717) is 24.7 Å². The van der Waals surface area contributed by atoms with Gasteiger partial charge in [-0.3, -0.25) is 4.79 Å². The van der Waals surface area contributed by atoms with Gasteiger partial charge in [-0.1, -0.05) is 18.2 Å². The number of aliphatic hydroxyl groups is 1. The number of amides is 1. The minimum atomic E-state index is -0.566. The van der Waals surface area contributed by atoms with Gasteiger partial charge in [-0.25, -0.2) is 9.97 Å². The molecule has 1 fully saturated rings. The zero-order valence-corrected chi connectivity index (χ0v) is 14.2. The van der Waals surface area contributed by atoms with E-state index in [2.05, 4.69) is 15.3 Å². The van der Waals surface area contributed by atoms with Gasteiger partial charge in [-0.05, 0) is 30.9 Å². The summed E-state index contributed by atoms with van der Waals surface area (Å²) in [7, 11) is 0. The molecule has 4 rings (SSSR count). The lowest BCUT2D eigenvalue weighted by Crippen LogP contribution is -2.39. The minimum Gasteiger partial charge on any atom is -0.431 e. The molecule has 3 atom stereocenters. The van der Waals surface area contributed by atoms with Crippen LogP contribution in [0, 0.1) is 5.92 Å². The van der Waals surface area contributed by atoms with Crippen molar-refractivity contribution in [2.75, 3.05) is 0 Å². The molecule has 7 heteroatoms. The molecular weight excluding hydrogens is 332 g/mol. The Bertz CT molecular complexity index is 860. The van der Waals surface area contributed by atoms with Crippen LogP contribution in [0.1, 0.15) is 23.4 Å². The van der Waals surface area contributed by atoms with Crippen LogP contribution in [0.25, 0.3) is 11.5 Å². The molecule has 0 saturated heterocycles. The average molecular weight is 352 g/mol. The van der Waals surface area contributed by atoms with Gasteiger partial charge in [-0.2, -0.15) is 0 Å². The summed E-state index contributed by atoms with van der Waals surface area (Å²) in [5.41, 5.74) is 0.813. The number of imidazole rings is 1. The van der Waals surface area contributed by atoms with Crippen LogP contribution in [0.2, 0.25) is 0 Å². The van der Waals surface area contributed by atoms with Gasteiger partial charge < -0.3 is 19.4 Å². The normalized spacial score (nSPS) is 22.4. The predicted octanol–water partition coefficient (Wildman–Crippen LogP) is 2.11. The number of aliphatic hydroxyl groups excluding tert-OH is 1. The molecule has 26 heavy (non-hydrogen) atoms. The van der Waals surface area contributed by atoms with Crippen LogP contribution in [0.5, 0.6) is 0 Å².